The van der Waals surface area contributed by atoms with Crippen molar-refractivity contribution in [1.82, 2.24) is 20.1 Å². The highest BCUT2D eigenvalue weighted by atomic mass is 79.9. The van der Waals surface area contributed by atoms with Crippen molar-refractivity contribution in [2.45, 2.75) is 51.9 Å². The lowest BCUT2D eigenvalue weighted by atomic mass is 10.0. The largest absolute Gasteiger partial charge is 0.345 e. The van der Waals surface area contributed by atoms with Crippen molar-refractivity contribution < 1.29 is 9.59 Å². The van der Waals surface area contributed by atoms with Crippen molar-refractivity contribution >= 4 is 45.2 Å². The molecule has 2 aromatic carbocycles. The summed E-state index contributed by atoms with van der Waals surface area (Å²) in [5, 5.41) is 15.0. The normalized spacial score (nSPS) is 11.0. The van der Waals surface area contributed by atoms with E-state index in [4.69, 9.17) is 0 Å². The number of hydrogen-bond acceptors (Lipinski definition) is 5. The van der Waals surface area contributed by atoms with Crippen LogP contribution in [0.4, 0.5) is 5.69 Å². The van der Waals surface area contributed by atoms with E-state index in [1.165, 1.54) is 11.8 Å². The predicted octanol–water partition coefficient (Wildman–Crippen LogP) is 5.15. The summed E-state index contributed by atoms with van der Waals surface area (Å²) in [5.41, 5.74) is 3.59. The van der Waals surface area contributed by atoms with Gasteiger partial charge in [0.05, 0.1) is 12.3 Å². The van der Waals surface area contributed by atoms with Crippen LogP contribution in [0.3, 0.4) is 0 Å². The summed E-state index contributed by atoms with van der Waals surface area (Å²) in [5.74, 6) is 0.873. The summed E-state index contributed by atoms with van der Waals surface area (Å²) in [7, 11) is 0. The number of nitrogens with one attached hydrogen (secondary N) is 2. The number of carbonyl (C=O) groups excluding carboxylic acids is 2. The van der Waals surface area contributed by atoms with E-state index in [9.17, 15) is 9.59 Å². The molecule has 0 radical (unpaired) electrons. The third-order valence-corrected chi connectivity index (χ3v) is 6.53. The molecule has 3 rings (SSSR count). The zero-order chi connectivity index (χ0) is 24.0. The second kappa shape index (κ2) is 11.5. The van der Waals surface area contributed by atoms with Crippen LogP contribution in [0.2, 0.25) is 0 Å². The Bertz CT molecular complexity index is 1130. The minimum atomic E-state index is -0.162. The summed E-state index contributed by atoms with van der Waals surface area (Å²) in [6.45, 7) is 9.04. The van der Waals surface area contributed by atoms with Gasteiger partial charge in [-0.25, -0.2) is 0 Å². The first-order valence-electron chi connectivity index (χ1n) is 10.8. The number of amides is 2. The molecule has 7 nitrogen and oxygen atoms in total. The molecular weight excluding hydrogens is 502 g/mol. The summed E-state index contributed by atoms with van der Waals surface area (Å²) in [4.78, 5) is 25.0. The van der Waals surface area contributed by atoms with Crippen LogP contribution in [-0.4, -0.2) is 32.3 Å². The standard InChI is InChI=1S/C24H28BrN5O2S/c1-5-30-21(13-26-23(32)17-8-6-16(4)7-9-17)28-29-24(30)33-14-22(31)27-20-11-10-18(25)12-19(20)15(2)3/h6-12,15H,5,13-14H2,1-4H3,(H,26,32)(H,27,31). The minimum Gasteiger partial charge on any atom is -0.345 e. The number of thioether (sulfide) groups is 1. The number of anilines is 1. The lowest BCUT2D eigenvalue weighted by Crippen LogP contribution is -2.24. The quantitative estimate of drug-likeness (QED) is 0.374. The molecule has 0 spiro atoms. The highest BCUT2D eigenvalue weighted by Crippen LogP contribution is 2.28. The Morgan fingerprint density at radius 2 is 1.85 bits per heavy atom. The molecule has 3 aromatic rings. The molecule has 2 N–H and O–H groups in total. The first-order valence-corrected chi connectivity index (χ1v) is 12.5. The fourth-order valence-electron chi connectivity index (χ4n) is 3.28. The zero-order valence-electron chi connectivity index (χ0n) is 19.2. The number of benzene rings is 2. The lowest BCUT2D eigenvalue weighted by molar-refractivity contribution is -0.113. The van der Waals surface area contributed by atoms with Gasteiger partial charge in [-0.2, -0.15) is 0 Å². The van der Waals surface area contributed by atoms with Gasteiger partial charge in [-0.1, -0.05) is 59.2 Å². The number of nitrogens with zero attached hydrogens (tertiary/aromatic N) is 3. The predicted molar refractivity (Wildman–Crippen MR) is 136 cm³/mol. The van der Waals surface area contributed by atoms with Crippen LogP contribution in [0.15, 0.2) is 52.1 Å². The number of aromatic nitrogens is 3. The van der Waals surface area contributed by atoms with Gasteiger partial charge in [-0.05, 0) is 55.7 Å². The molecule has 0 bridgehead atoms. The number of carbonyl (C=O) groups is 2. The Morgan fingerprint density at radius 3 is 2.52 bits per heavy atom. The Hall–Kier alpha value is -2.65. The molecule has 0 saturated carbocycles. The maximum Gasteiger partial charge on any atom is 0.251 e. The highest BCUT2D eigenvalue weighted by molar-refractivity contribution is 9.10. The Balaban J connectivity index is 1.59. The maximum atomic E-state index is 12.6. The van der Waals surface area contributed by atoms with Crippen LogP contribution >= 0.6 is 27.7 Å². The second-order valence-electron chi connectivity index (χ2n) is 7.91. The minimum absolute atomic E-state index is 0.107. The first kappa shape index (κ1) is 25.0. The van der Waals surface area contributed by atoms with E-state index < -0.39 is 0 Å². The van der Waals surface area contributed by atoms with Crippen LogP contribution in [0.5, 0.6) is 0 Å². The molecule has 0 aliphatic rings. The van der Waals surface area contributed by atoms with Crippen LogP contribution in [0, 0.1) is 6.92 Å². The monoisotopic (exact) mass is 529 g/mol. The first-order chi connectivity index (χ1) is 15.8. The summed E-state index contributed by atoms with van der Waals surface area (Å²) in [6.07, 6.45) is 0. The van der Waals surface area contributed by atoms with Crippen LogP contribution < -0.4 is 10.6 Å². The van der Waals surface area contributed by atoms with Gasteiger partial charge in [0, 0.05) is 22.3 Å². The fourth-order valence-corrected chi connectivity index (χ4v) is 4.48. The van der Waals surface area contributed by atoms with Crippen LogP contribution in [-0.2, 0) is 17.9 Å². The SMILES string of the molecule is CCn1c(CNC(=O)c2ccc(C)cc2)nnc1SCC(=O)Nc1ccc(Br)cc1C(C)C. The second-order valence-corrected chi connectivity index (χ2v) is 9.77. The van der Waals surface area contributed by atoms with Gasteiger partial charge < -0.3 is 15.2 Å². The van der Waals surface area contributed by atoms with Crippen molar-refractivity contribution in [3.05, 3.63) is 69.5 Å². The lowest BCUT2D eigenvalue weighted by Gasteiger charge is -2.14. The van der Waals surface area contributed by atoms with E-state index in [1.54, 1.807) is 12.1 Å². The molecular formula is C24H28BrN5O2S. The molecule has 2 amide bonds. The molecule has 0 fully saturated rings. The van der Waals surface area contributed by atoms with Gasteiger partial charge in [0.15, 0.2) is 11.0 Å². The Morgan fingerprint density at radius 1 is 1.12 bits per heavy atom. The molecule has 33 heavy (non-hydrogen) atoms. The maximum absolute atomic E-state index is 12.6. The average molecular weight is 530 g/mol. The topological polar surface area (TPSA) is 88.9 Å². The van der Waals surface area contributed by atoms with Gasteiger partial charge in [0.2, 0.25) is 5.91 Å². The van der Waals surface area contributed by atoms with Gasteiger partial charge in [-0.3, -0.25) is 9.59 Å². The Labute approximate surface area is 206 Å². The molecule has 1 aromatic heterocycles. The molecule has 0 aliphatic heterocycles. The van der Waals surface area contributed by atoms with Crippen molar-refractivity contribution in [2.75, 3.05) is 11.1 Å². The smallest absolute Gasteiger partial charge is 0.251 e. The summed E-state index contributed by atoms with van der Waals surface area (Å²) >= 11 is 4.81. The molecule has 9 heteroatoms. The van der Waals surface area contributed by atoms with E-state index in [2.05, 4.69) is 50.6 Å². The number of hydrogen-bond donors (Lipinski definition) is 2. The van der Waals surface area contributed by atoms with Crippen molar-refractivity contribution in [3.8, 4) is 0 Å². The molecule has 0 saturated heterocycles. The molecule has 0 unspecified atom stereocenters. The number of halogens is 1. The third-order valence-electron chi connectivity index (χ3n) is 5.07. The molecule has 0 atom stereocenters. The van der Waals surface area contributed by atoms with Gasteiger partial charge >= 0.3 is 0 Å². The summed E-state index contributed by atoms with van der Waals surface area (Å²) < 4.78 is 2.89. The fraction of sp³-hybridized carbons (Fsp3) is 0.333. The average Bonchev–Trinajstić information content (AvgIpc) is 3.19. The number of aryl methyl sites for hydroxylation is 1. The van der Waals surface area contributed by atoms with E-state index >= 15 is 0 Å². The number of rotatable bonds is 9. The third kappa shape index (κ3) is 6.68. The highest BCUT2D eigenvalue weighted by Gasteiger charge is 2.16. The van der Waals surface area contributed by atoms with Crippen molar-refractivity contribution in [3.63, 3.8) is 0 Å². The Kier molecular flexibility index (Phi) is 8.68. The van der Waals surface area contributed by atoms with E-state index in [1.807, 2.05) is 48.7 Å². The van der Waals surface area contributed by atoms with E-state index in [0.29, 0.717) is 23.1 Å². The molecule has 0 aliphatic carbocycles. The van der Waals surface area contributed by atoms with Gasteiger partial charge in [0.1, 0.15) is 0 Å². The van der Waals surface area contributed by atoms with Crippen LogP contribution in [0.25, 0.3) is 0 Å². The van der Waals surface area contributed by atoms with E-state index in [0.717, 1.165) is 21.3 Å². The van der Waals surface area contributed by atoms with E-state index in [-0.39, 0.29) is 30.0 Å². The molecule has 1 heterocycles. The summed E-state index contributed by atoms with van der Waals surface area (Å²) in [6, 6.07) is 13.3. The van der Waals surface area contributed by atoms with Crippen LogP contribution in [0.1, 0.15) is 54.0 Å². The zero-order valence-corrected chi connectivity index (χ0v) is 21.6. The van der Waals surface area contributed by atoms with Crippen molar-refractivity contribution in [2.24, 2.45) is 0 Å². The van der Waals surface area contributed by atoms with Gasteiger partial charge in [-0.15, -0.1) is 10.2 Å². The molecule has 174 valence electrons. The van der Waals surface area contributed by atoms with Gasteiger partial charge in [0.25, 0.3) is 5.91 Å². The van der Waals surface area contributed by atoms with Crippen molar-refractivity contribution in [1.29, 1.82) is 0 Å².